The summed E-state index contributed by atoms with van der Waals surface area (Å²) >= 11 is 0. The summed E-state index contributed by atoms with van der Waals surface area (Å²) in [4.78, 5) is 21.4. The standard InChI is InChI=1S/C16H13N3O/c20-16-12-7-6-11(13-4-1-2-8-17-13)10-14(12)18-15-5-3-9-19(15)16/h1-2,4,6-8,10H,3,5,9H2. The van der Waals surface area contributed by atoms with E-state index in [1.165, 1.54) is 0 Å². The van der Waals surface area contributed by atoms with Crippen LogP contribution in [-0.2, 0) is 13.0 Å². The van der Waals surface area contributed by atoms with Gasteiger partial charge in [0.25, 0.3) is 5.56 Å². The molecule has 0 amide bonds. The first kappa shape index (κ1) is 11.3. The Morgan fingerprint density at radius 3 is 2.95 bits per heavy atom. The zero-order valence-corrected chi connectivity index (χ0v) is 10.9. The Kier molecular flexibility index (Phi) is 2.42. The molecule has 0 saturated carbocycles. The monoisotopic (exact) mass is 263 g/mol. The molecule has 4 heteroatoms. The highest BCUT2D eigenvalue weighted by Gasteiger charge is 2.16. The van der Waals surface area contributed by atoms with Crippen LogP contribution in [0.25, 0.3) is 22.2 Å². The molecule has 0 fully saturated rings. The highest BCUT2D eigenvalue weighted by molar-refractivity contribution is 5.83. The van der Waals surface area contributed by atoms with Gasteiger partial charge in [0.15, 0.2) is 0 Å². The molecule has 0 aliphatic carbocycles. The van der Waals surface area contributed by atoms with Gasteiger partial charge in [-0.15, -0.1) is 0 Å². The molecule has 1 aliphatic heterocycles. The minimum atomic E-state index is 0.0788. The minimum absolute atomic E-state index is 0.0788. The summed E-state index contributed by atoms with van der Waals surface area (Å²) in [6.45, 7) is 0.791. The van der Waals surface area contributed by atoms with Gasteiger partial charge in [-0.1, -0.05) is 12.1 Å². The molecule has 4 rings (SSSR count). The van der Waals surface area contributed by atoms with Crippen molar-refractivity contribution >= 4 is 10.9 Å². The van der Waals surface area contributed by atoms with Gasteiger partial charge in [-0.2, -0.15) is 0 Å². The fourth-order valence-corrected chi connectivity index (χ4v) is 2.78. The van der Waals surface area contributed by atoms with E-state index in [1.54, 1.807) is 10.8 Å². The molecule has 3 aromatic rings. The molecular formula is C16H13N3O. The minimum Gasteiger partial charge on any atom is -0.296 e. The Morgan fingerprint density at radius 2 is 2.10 bits per heavy atom. The molecule has 2 aromatic heterocycles. The van der Waals surface area contributed by atoms with Gasteiger partial charge in [0, 0.05) is 24.7 Å². The number of hydrogen-bond donors (Lipinski definition) is 0. The van der Waals surface area contributed by atoms with Gasteiger partial charge < -0.3 is 0 Å². The number of hydrogen-bond acceptors (Lipinski definition) is 3. The first-order valence-electron chi connectivity index (χ1n) is 6.78. The molecule has 0 spiro atoms. The summed E-state index contributed by atoms with van der Waals surface area (Å²) in [6, 6.07) is 11.6. The van der Waals surface area contributed by atoms with E-state index in [0.29, 0.717) is 5.39 Å². The van der Waals surface area contributed by atoms with Crippen LogP contribution >= 0.6 is 0 Å². The second kappa shape index (κ2) is 4.27. The fourth-order valence-electron chi connectivity index (χ4n) is 2.78. The van der Waals surface area contributed by atoms with Crippen molar-refractivity contribution in [2.45, 2.75) is 19.4 Å². The first-order valence-corrected chi connectivity index (χ1v) is 6.78. The van der Waals surface area contributed by atoms with E-state index in [-0.39, 0.29) is 5.56 Å². The summed E-state index contributed by atoms with van der Waals surface area (Å²) in [5.41, 5.74) is 2.74. The summed E-state index contributed by atoms with van der Waals surface area (Å²) in [6.07, 6.45) is 3.66. The Balaban J connectivity index is 1.97. The van der Waals surface area contributed by atoms with Crippen molar-refractivity contribution in [2.75, 3.05) is 0 Å². The largest absolute Gasteiger partial charge is 0.296 e. The van der Waals surface area contributed by atoms with Crippen molar-refractivity contribution < 1.29 is 0 Å². The number of nitrogens with zero attached hydrogens (tertiary/aromatic N) is 3. The lowest BCUT2D eigenvalue weighted by Crippen LogP contribution is -2.20. The van der Waals surface area contributed by atoms with Crippen LogP contribution < -0.4 is 5.56 Å². The third kappa shape index (κ3) is 1.65. The summed E-state index contributed by atoms with van der Waals surface area (Å²) in [5, 5.41) is 0.690. The van der Waals surface area contributed by atoms with Crippen LogP contribution in [0.4, 0.5) is 0 Å². The fraction of sp³-hybridized carbons (Fsp3) is 0.188. The molecule has 0 atom stereocenters. The Labute approximate surface area is 115 Å². The molecule has 0 saturated heterocycles. The number of fused-ring (bicyclic) bond motifs is 2. The molecular weight excluding hydrogens is 250 g/mol. The first-order chi connectivity index (χ1) is 9.83. The van der Waals surface area contributed by atoms with Crippen LogP contribution in [0, 0.1) is 0 Å². The number of aromatic nitrogens is 3. The van der Waals surface area contributed by atoms with Crippen LogP contribution in [-0.4, -0.2) is 14.5 Å². The number of pyridine rings is 1. The lowest BCUT2D eigenvalue weighted by Gasteiger charge is -2.06. The van der Waals surface area contributed by atoms with E-state index < -0.39 is 0 Å². The van der Waals surface area contributed by atoms with Crippen LogP contribution in [0.1, 0.15) is 12.2 Å². The van der Waals surface area contributed by atoms with E-state index in [9.17, 15) is 4.79 Å². The maximum atomic E-state index is 12.4. The third-order valence-electron chi connectivity index (χ3n) is 3.78. The maximum Gasteiger partial charge on any atom is 0.261 e. The topological polar surface area (TPSA) is 47.8 Å². The zero-order valence-electron chi connectivity index (χ0n) is 10.9. The van der Waals surface area contributed by atoms with Gasteiger partial charge >= 0.3 is 0 Å². The molecule has 4 nitrogen and oxygen atoms in total. The third-order valence-corrected chi connectivity index (χ3v) is 3.78. The molecule has 98 valence electrons. The van der Waals surface area contributed by atoms with Crippen molar-refractivity contribution in [3.63, 3.8) is 0 Å². The second-order valence-electron chi connectivity index (χ2n) is 5.04. The molecule has 1 aliphatic rings. The van der Waals surface area contributed by atoms with E-state index in [2.05, 4.69) is 9.97 Å². The van der Waals surface area contributed by atoms with Crippen molar-refractivity contribution in [3.05, 3.63) is 58.8 Å². The van der Waals surface area contributed by atoms with Crippen molar-refractivity contribution in [2.24, 2.45) is 0 Å². The van der Waals surface area contributed by atoms with Gasteiger partial charge in [0.05, 0.1) is 16.6 Å². The molecule has 0 radical (unpaired) electrons. The van der Waals surface area contributed by atoms with Gasteiger partial charge in [0.1, 0.15) is 5.82 Å². The average molecular weight is 263 g/mol. The van der Waals surface area contributed by atoms with E-state index >= 15 is 0 Å². The normalized spacial score (nSPS) is 13.6. The van der Waals surface area contributed by atoms with Crippen LogP contribution in [0.5, 0.6) is 0 Å². The summed E-state index contributed by atoms with van der Waals surface area (Å²) in [7, 11) is 0. The lowest BCUT2D eigenvalue weighted by molar-refractivity contribution is 0.719. The SMILES string of the molecule is O=c1c2ccc(-c3ccccn3)cc2nc2n1CCC2. The number of aryl methyl sites for hydroxylation is 1. The number of benzene rings is 1. The predicted molar refractivity (Wildman–Crippen MR) is 77.6 cm³/mol. The Hall–Kier alpha value is -2.49. The van der Waals surface area contributed by atoms with E-state index in [0.717, 1.165) is 42.0 Å². The predicted octanol–water partition coefficient (Wildman–Crippen LogP) is 2.40. The van der Waals surface area contributed by atoms with Gasteiger partial charge in [0.2, 0.25) is 0 Å². The molecule has 0 N–H and O–H groups in total. The quantitative estimate of drug-likeness (QED) is 0.677. The molecule has 0 unspecified atom stereocenters. The van der Waals surface area contributed by atoms with Gasteiger partial charge in [-0.3, -0.25) is 14.3 Å². The second-order valence-corrected chi connectivity index (χ2v) is 5.04. The van der Waals surface area contributed by atoms with Crippen molar-refractivity contribution in [3.8, 4) is 11.3 Å². The maximum absolute atomic E-state index is 12.4. The van der Waals surface area contributed by atoms with E-state index in [1.807, 2.05) is 36.4 Å². The smallest absolute Gasteiger partial charge is 0.261 e. The Morgan fingerprint density at radius 1 is 1.15 bits per heavy atom. The molecule has 20 heavy (non-hydrogen) atoms. The number of rotatable bonds is 1. The van der Waals surface area contributed by atoms with Gasteiger partial charge in [-0.25, -0.2) is 4.98 Å². The van der Waals surface area contributed by atoms with Crippen LogP contribution in [0.2, 0.25) is 0 Å². The van der Waals surface area contributed by atoms with Crippen molar-refractivity contribution in [1.29, 1.82) is 0 Å². The highest BCUT2D eigenvalue weighted by Crippen LogP contribution is 2.21. The zero-order chi connectivity index (χ0) is 13.5. The van der Waals surface area contributed by atoms with Gasteiger partial charge in [-0.05, 0) is 30.7 Å². The van der Waals surface area contributed by atoms with Crippen molar-refractivity contribution in [1.82, 2.24) is 14.5 Å². The summed E-state index contributed by atoms with van der Waals surface area (Å²) in [5.74, 6) is 0.903. The molecule has 0 bridgehead atoms. The highest BCUT2D eigenvalue weighted by atomic mass is 16.1. The van der Waals surface area contributed by atoms with Crippen LogP contribution in [0.15, 0.2) is 47.4 Å². The molecule has 1 aromatic carbocycles. The lowest BCUT2D eigenvalue weighted by atomic mass is 10.1. The van der Waals surface area contributed by atoms with Crippen LogP contribution in [0.3, 0.4) is 0 Å². The average Bonchev–Trinajstić information content (AvgIpc) is 2.96. The molecule has 3 heterocycles. The Bertz CT molecular complexity index is 853. The van der Waals surface area contributed by atoms with E-state index in [4.69, 9.17) is 0 Å². The summed E-state index contributed by atoms with van der Waals surface area (Å²) < 4.78 is 1.79.